The lowest BCUT2D eigenvalue weighted by Crippen LogP contribution is -2.23. The number of nitrogens with one attached hydrogen (secondary N) is 1. The summed E-state index contributed by atoms with van der Waals surface area (Å²) in [6, 6.07) is 5.51. The van der Waals surface area contributed by atoms with E-state index in [0.29, 0.717) is 30.3 Å². The molecule has 2 aromatic rings. The number of benzene rings is 1. The second-order valence-electron chi connectivity index (χ2n) is 4.30. The lowest BCUT2D eigenvalue weighted by atomic mass is 10.2. The van der Waals surface area contributed by atoms with Crippen molar-refractivity contribution in [3.63, 3.8) is 0 Å². The van der Waals surface area contributed by atoms with Gasteiger partial charge in [-0.05, 0) is 24.6 Å². The summed E-state index contributed by atoms with van der Waals surface area (Å²) in [5.41, 5.74) is 7.24. The molecule has 0 amide bonds. The molecule has 0 aliphatic carbocycles. The molecular weight excluding hydrogens is 256 g/mol. The molecule has 0 atom stereocenters. The summed E-state index contributed by atoms with van der Waals surface area (Å²) in [5.74, 6) is 0.976. The Kier molecular flexibility index (Phi) is 4.24. The Hall–Kier alpha value is -2.50. The minimum atomic E-state index is -0.128. The predicted molar refractivity (Wildman–Crippen MR) is 78.9 cm³/mol. The van der Waals surface area contributed by atoms with E-state index in [0.717, 1.165) is 5.56 Å². The van der Waals surface area contributed by atoms with Crippen LogP contribution in [0.1, 0.15) is 12.5 Å². The van der Waals surface area contributed by atoms with Crippen molar-refractivity contribution in [2.45, 2.75) is 20.0 Å². The molecule has 0 fully saturated rings. The van der Waals surface area contributed by atoms with Crippen LogP contribution in [-0.4, -0.2) is 16.7 Å². The molecule has 0 unspecified atom stereocenters. The third kappa shape index (κ3) is 2.90. The maximum absolute atomic E-state index is 12.0. The first kappa shape index (κ1) is 13.9. The van der Waals surface area contributed by atoms with Gasteiger partial charge in [-0.3, -0.25) is 4.79 Å². The molecule has 0 aliphatic rings. The van der Waals surface area contributed by atoms with E-state index in [1.54, 1.807) is 30.1 Å². The third-order valence-corrected chi connectivity index (χ3v) is 3.01. The van der Waals surface area contributed by atoms with Crippen molar-refractivity contribution in [3.8, 4) is 5.75 Å². The van der Waals surface area contributed by atoms with Gasteiger partial charge < -0.3 is 20.4 Å². The average Bonchev–Trinajstić information content (AvgIpc) is 2.46. The molecule has 0 radical (unpaired) electrons. The van der Waals surface area contributed by atoms with Crippen molar-refractivity contribution in [1.29, 1.82) is 0 Å². The highest BCUT2D eigenvalue weighted by Gasteiger charge is 2.05. The number of hydrogen-bond donors (Lipinski definition) is 2. The molecule has 0 saturated heterocycles. The van der Waals surface area contributed by atoms with Gasteiger partial charge in [-0.1, -0.05) is 6.07 Å². The van der Waals surface area contributed by atoms with Crippen molar-refractivity contribution in [3.05, 3.63) is 46.5 Å². The largest absolute Gasteiger partial charge is 0.495 e. The first-order valence-corrected chi connectivity index (χ1v) is 6.37. The van der Waals surface area contributed by atoms with Crippen LogP contribution >= 0.6 is 0 Å². The molecule has 1 aromatic carbocycles. The Morgan fingerprint density at radius 1 is 1.45 bits per heavy atom. The zero-order valence-electron chi connectivity index (χ0n) is 11.6. The van der Waals surface area contributed by atoms with Gasteiger partial charge in [0.15, 0.2) is 5.82 Å². The Morgan fingerprint density at radius 2 is 2.25 bits per heavy atom. The molecule has 6 nitrogen and oxygen atoms in total. The maximum Gasteiger partial charge on any atom is 0.293 e. The molecule has 2 rings (SSSR count). The Labute approximate surface area is 117 Å². The first-order valence-electron chi connectivity index (χ1n) is 6.37. The van der Waals surface area contributed by atoms with E-state index in [1.807, 2.05) is 19.1 Å². The van der Waals surface area contributed by atoms with Crippen LogP contribution in [0.5, 0.6) is 5.75 Å². The predicted octanol–water partition coefficient (Wildman–Crippen LogP) is 1.47. The van der Waals surface area contributed by atoms with Gasteiger partial charge in [0.25, 0.3) is 5.56 Å². The van der Waals surface area contributed by atoms with Crippen LogP contribution in [0.4, 0.5) is 11.5 Å². The SMILES string of the molecule is CCn1ccnc(NCc2ccc(OC)c(N)c2)c1=O. The molecule has 106 valence electrons. The standard InChI is InChI=1S/C14H18N4O2/c1-3-18-7-6-16-13(14(18)19)17-9-10-4-5-12(20-2)11(15)8-10/h4-8H,3,9,15H2,1-2H3,(H,16,17). The van der Waals surface area contributed by atoms with Crippen LogP contribution in [0, 0.1) is 0 Å². The molecule has 0 spiro atoms. The second kappa shape index (κ2) is 6.10. The van der Waals surface area contributed by atoms with Crippen LogP contribution in [-0.2, 0) is 13.1 Å². The summed E-state index contributed by atoms with van der Waals surface area (Å²) in [5, 5.41) is 3.03. The van der Waals surface area contributed by atoms with E-state index in [2.05, 4.69) is 10.3 Å². The molecule has 3 N–H and O–H groups in total. The number of ether oxygens (including phenoxy) is 1. The average molecular weight is 274 g/mol. The highest BCUT2D eigenvalue weighted by Crippen LogP contribution is 2.22. The van der Waals surface area contributed by atoms with Crippen LogP contribution < -0.4 is 21.3 Å². The zero-order valence-corrected chi connectivity index (χ0v) is 11.6. The zero-order chi connectivity index (χ0) is 14.5. The van der Waals surface area contributed by atoms with Crippen molar-refractivity contribution in [1.82, 2.24) is 9.55 Å². The Balaban J connectivity index is 2.13. The quantitative estimate of drug-likeness (QED) is 0.807. The van der Waals surface area contributed by atoms with E-state index in [4.69, 9.17) is 10.5 Å². The number of methoxy groups -OCH3 is 1. The minimum absolute atomic E-state index is 0.128. The normalized spacial score (nSPS) is 10.3. The summed E-state index contributed by atoms with van der Waals surface area (Å²) < 4.78 is 6.70. The number of nitrogens with two attached hydrogens (primary N) is 1. The molecule has 6 heteroatoms. The van der Waals surface area contributed by atoms with Gasteiger partial charge in [0, 0.05) is 25.5 Å². The van der Waals surface area contributed by atoms with Gasteiger partial charge in [-0.25, -0.2) is 4.98 Å². The smallest absolute Gasteiger partial charge is 0.293 e. The van der Waals surface area contributed by atoms with E-state index < -0.39 is 0 Å². The van der Waals surface area contributed by atoms with Crippen LogP contribution in [0.25, 0.3) is 0 Å². The lowest BCUT2D eigenvalue weighted by Gasteiger charge is -2.09. The van der Waals surface area contributed by atoms with Crippen molar-refractivity contribution in [2.24, 2.45) is 0 Å². The molecule has 0 saturated carbocycles. The number of aryl methyl sites for hydroxylation is 1. The van der Waals surface area contributed by atoms with Gasteiger partial charge in [0.05, 0.1) is 12.8 Å². The lowest BCUT2D eigenvalue weighted by molar-refractivity contribution is 0.417. The summed E-state index contributed by atoms with van der Waals surface area (Å²) in [6.07, 6.45) is 3.27. The van der Waals surface area contributed by atoms with E-state index in [9.17, 15) is 4.79 Å². The number of aromatic nitrogens is 2. The van der Waals surface area contributed by atoms with Crippen LogP contribution in [0.2, 0.25) is 0 Å². The van der Waals surface area contributed by atoms with E-state index in [-0.39, 0.29) is 5.56 Å². The topological polar surface area (TPSA) is 82.2 Å². The number of hydrogen-bond acceptors (Lipinski definition) is 5. The fraction of sp³-hybridized carbons (Fsp3) is 0.286. The second-order valence-corrected chi connectivity index (χ2v) is 4.30. The third-order valence-electron chi connectivity index (χ3n) is 3.01. The number of nitrogens with zero attached hydrogens (tertiary/aromatic N) is 2. The molecule has 20 heavy (non-hydrogen) atoms. The number of rotatable bonds is 5. The number of anilines is 2. The molecule has 0 aliphatic heterocycles. The van der Waals surface area contributed by atoms with Gasteiger partial charge >= 0.3 is 0 Å². The van der Waals surface area contributed by atoms with Crippen LogP contribution in [0.3, 0.4) is 0 Å². The van der Waals surface area contributed by atoms with Gasteiger partial charge in [-0.2, -0.15) is 0 Å². The van der Waals surface area contributed by atoms with Gasteiger partial charge in [0.2, 0.25) is 0 Å². The van der Waals surface area contributed by atoms with Crippen molar-refractivity contribution in [2.75, 3.05) is 18.2 Å². The monoisotopic (exact) mass is 274 g/mol. The van der Waals surface area contributed by atoms with Crippen molar-refractivity contribution < 1.29 is 4.74 Å². The summed E-state index contributed by atoms with van der Waals surface area (Å²) in [4.78, 5) is 16.0. The van der Waals surface area contributed by atoms with Gasteiger partial charge in [0.1, 0.15) is 5.75 Å². The van der Waals surface area contributed by atoms with E-state index >= 15 is 0 Å². The molecule has 0 bridgehead atoms. The summed E-state index contributed by atoms with van der Waals surface area (Å²) >= 11 is 0. The maximum atomic E-state index is 12.0. The van der Waals surface area contributed by atoms with Crippen LogP contribution in [0.15, 0.2) is 35.4 Å². The highest BCUT2D eigenvalue weighted by molar-refractivity contribution is 5.54. The Bertz CT molecular complexity index is 652. The van der Waals surface area contributed by atoms with E-state index in [1.165, 1.54) is 0 Å². The fourth-order valence-electron chi connectivity index (χ4n) is 1.90. The molecule has 1 aromatic heterocycles. The minimum Gasteiger partial charge on any atom is -0.495 e. The highest BCUT2D eigenvalue weighted by atomic mass is 16.5. The first-order chi connectivity index (χ1) is 9.65. The molecule has 1 heterocycles. The van der Waals surface area contributed by atoms with Crippen molar-refractivity contribution >= 4 is 11.5 Å². The summed E-state index contributed by atoms with van der Waals surface area (Å²) in [6.45, 7) is 3.00. The van der Waals surface area contributed by atoms with Gasteiger partial charge in [-0.15, -0.1) is 0 Å². The molecular formula is C14H18N4O2. The number of nitrogen functional groups attached to an aromatic ring is 1. The Morgan fingerprint density at radius 3 is 2.90 bits per heavy atom. The fourth-order valence-corrected chi connectivity index (χ4v) is 1.90. The summed E-state index contributed by atoms with van der Waals surface area (Å²) in [7, 11) is 1.57.